The minimum Gasteiger partial charge on any atom is -0.339 e. The van der Waals surface area contributed by atoms with Crippen LogP contribution in [0.3, 0.4) is 0 Å². The number of carbonyl (C=O) groups is 1. The quantitative estimate of drug-likeness (QED) is 0.627. The van der Waals surface area contributed by atoms with Gasteiger partial charge in [-0.2, -0.15) is 5.26 Å². The second-order valence-electron chi connectivity index (χ2n) is 7.96. The molecule has 0 atom stereocenters. The minimum absolute atomic E-state index is 0.0300. The highest BCUT2D eigenvalue weighted by atomic mass is 16.2. The van der Waals surface area contributed by atoms with Crippen molar-refractivity contribution >= 4 is 5.91 Å². The molecule has 0 saturated carbocycles. The number of nitrogens with zero attached hydrogens (tertiary/aromatic N) is 4. The van der Waals surface area contributed by atoms with Crippen LogP contribution in [-0.4, -0.2) is 33.4 Å². The van der Waals surface area contributed by atoms with Crippen molar-refractivity contribution in [3.63, 3.8) is 0 Å². The van der Waals surface area contributed by atoms with E-state index in [2.05, 4.69) is 34.7 Å². The molecule has 0 spiro atoms. The average Bonchev–Trinajstić information content (AvgIpc) is 3.18. The molecule has 1 aliphatic rings. The summed E-state index contributed by atoms with van der Waals surface area (Å²) in [6.07, 6.45) is 5.05. The number of amides is 1. The molecule has 1 saturated heterocycles. The zero-order chi connectivity index (χ0) is 20.9. The van der Waals surface area contributed by atoms with Crippen LogP contribution in [0.4, 0.5) is 0 Å². The maximum atomic E-state index is 12.8. The van der Waals surface area contributed by atoms with Crippen molar-refractivity contribution in [2.45, 2.75) is 32.7 Å². The summed E-state index contributed by atoms with van der Waals surface area (Å²) in [6.45, 7) is 4.60. The summed E-state index contributed by atoms with van der Waals surface area (Å²) < 4.78 is 2.31. The number of nitriles is 1. The lowest BCUT2D eigenvalue weighted by Gasteiger charge is -2.32. The molecule has 0 aliphatic carbocycles. The SMILES string of the molecule is Cc1cnc(-c2ccccc2)n1CCC1CCN(C(=O)c2cccc(C#N)c2)CC1. The fourth-order valence-electron chi connectivity index (χ4n) is 4.20. The third-order valence-electron chi connectivity index (χ3n) is 5.99. The molecular weight excluding hydrogens is 372 g/mol. The Morgan fingerprint density at radius 1 is 1.13 bits per heavy atom. The van der Waals surface area contributed by atoms with Gasteiger partial charge in [-0.1, -0.05) is 36.4 Å². The Bertz CT molecular complexity index is 1060. The number of hydrogen-bond acceptors (Lipinski definition) is 3. The van der Waals surface area contributed by atoms with Crippen molar-refractivity contribution in [3.8, 4) is 17.5 Å². The summed E-state index contributed by atoms with van der Waals surface area (Å²) in [4.78, 5) is 19.3. The summed E-state index contributed by atoms with van der Waals surface area (Å²) in [6, 6.07) is 19.4. The molecular formula is C25H26N4O. The molecule has 0 N–H and O–H groups in total. The van der Waals surface area contributed by atoms with Crippen molar-refractivity contribution in [2.75, 3.05) is 13.1 Å². The Balaban J connectivity index is 1.34. The third-order valence-corrected chi connectivity index (χ3v) is 5.99. The smallest absolute Gasteiger partial charge is 0.253 e. The molecule has 1 fully saturated rings. The van der Waals surface area contributed by atoms with Gasteiger partial charge in [0.05, 0.1) is 11.6 Å². The second-order valence-corrected chi connectivity index (χ2v) is 7.96. The highest BCUT2D eigenvalue weighted by Crippen LogP contribution is 2.25. The molecule has 1 amide bonds. The lowest BCUT2D eigenvalue weighted by Crippen LogP contribution is -2.38. The normalized spacial score (nSPS) is 14.5. The first-order valence-electron chi connectivity index (χ1n) is 10.5. The first-order valence-corrected chi connectivity index (χ1v) is 10.5. The number of benzene rings is 2. The van der Waals surface area contributed by atoms with Gasteiger partial charge in [0.2, 0.25) is 0 Å². The predicted molar refractivity (Wildman–Crippen MR) is 117 cm³/mol. The molecule has 2 heterocycles. The van der Waals surface area contributed by atoms with Crippen LogP contribution in [0.15, 0.2) is 60.8 Å². The summed E-state index contributed by atoms with van der Waals surface area (Å²) in [5.74, 6) is 1.66. The topological polar surface area (TPSA) is 61.9 Å². The van der Waals surface area contributed by atoms with Crippen molar-refractivity contribution in [1.82, 2.24) is 14.5 Å². The molecule has 30 heavy (non-hydrogen) atoms. The summed E-state index contributed by atoms with van der Waals surface area (Å²) in [7, 11) is 0. The first kappa shape index (κ1) is 19.9. The maximum absolute atomic E-state index is 12.8. The van der Waals surface area contributed by atoms with E-state index in [0.29, 0.717) is 17.0 Å². The Hall–Kier alpha value is -3.39. The van der Waals surface area contributed by atoms with E-state index in [-0.39, 0.29) is 5.91 Å². The van der Waals surface area contributed by atoms with E-state index in [9.17, 15) is 4.79 Å². The van der Waals surface area contributed by atoms with E-state index >= 15 is 0 Å². The molecule has 152 valence electrons. The van der Waals surface area contributed by atoms with Crippen molar-refractivity contribution in [2.24, 2.45) is 5.92 Å². The largest absolute Gasteiger partial charge is 0.339 e. The number of hydrogen-bond donors (Lipinski definition) is 0. The van der Waals surface area contributed by atoms with Gasteiger partial charge in [0.15, 0.2) is 0 Å². The van der Waals surface area contributed by atoms with Gasteiger partial charge in [0.1, 0.15) is 5.82 Å². The van der Waals surface area contributed by atoms with Crippen LogP contribution in [0.5, 0.6) is 0 Å². The number of carbonyl (C=O) groups excluding carboxylic acids is 1. The fourth-order valence-corrected chi connectivity index (χ4v) is 4.20. The molecule has 0 radical (unpaired) electrons. The monoisotopic (exact) mass is 398 g/mol. The summed E-state index contributed by atoms with van der Waals surface area (Å²) in [5, 5.41) is 9.06. The van der Waals surface area contributed by atoms with E-state index in [4.69, 9.17) is 5.26 Å². The van der Waals surface area contributed by atoms with Gasteiger partial charge in [0.25, 0.3) is 5.91 Å². The number of rotatable bonds is 5. The van der Waals surface area contributed by atoms with Crippen molar-refractivity contribution < 1.29 is 4.79 Å². The van der Waals surface area contributed by atoms with Crippen LogP contribution < -0.4 is 0 Å². The van der Waals surface area contributed by atoms with E-state index in [1.54, 1.807) is 24.3 Å². The molecule has 5 nitrogen and oxygen atoms in total. The zero-order valence-corrected chi connectivity index (χ0v) is 17.3. The predicted octanol–water partition coefficient (Wildman–Crippen LogP) is 4.67. The van der Waals surface area contributed by atoms with Gasteiger partial charge in [-0.3, -0.25) is 4.79 Å². The Labute approximate surface area is 177 Å². The van der Waals surface area contributed by atoms with Crippen LogP contribution in [0, 0.1) is 24.2 Å². The van der Waals surface area contributed by atoms with E-state index in [1.165, 1.54) is 5.69 Å². The van der Waals surface area contributed by atoms with E-state index in [0.717, 1.165) is 50.3 Å². The molecule has 4 rings (SSSR count). The molecule has 0 unspecified atom stereocenters. The average molecular weight is 399 g/mol. The van der Waals surface area contributed by atoms with Crippen LogP contribution in [0.25, 0.3) is 11.4 Å². The number of aryl methyl sites for hydroxylation is 1. The number of imidazole rings is 1. The van der Waals surface area contributed by atoms with Gasteiger partial charge < -0.3 is 9.47 Å². The van der Waals surface area contributed by atoms with Gasteiger partial charge in [0, 0.05) is 42.7 Å². The second kappa shape index (κ2) is 8.96. The maximum Gasteiger partial charge on any atom is 0.253 e. The van der Waals surface area contributed by atoms with Crippen LogP contribution in [0.2, 0.25) is 0 Å². The lowest BCUT2D eigenvalue weighted by atomic mass is 9.93. The zero-order valence-electron chi connectivity index (χ0n) is 17.3. The van der Waals surface area contributed by atoms with Crippen LogP contribution in [-0.2, 0) is 6.54 Å². The number of likely N-dealkylation sites (tertiary alicyclic amines) is 1. The molecule has 0 bridgehead atoms. The van der Waals surface area contributed by atoms with E-state index < -0.39 is 0 Å². The summed E-state index contributed by atoms with van der Waals surface area (Å²) in [5.41, 5.74) is 3.46. The minimum atomic E-state index is 0.0300. The molecule has 3 aromatic rings. The fraction of sp³-hybridized carbons (Fsp3) is 0.320. The van der Waals surface area contributed by atoms with Crippen LogP contribution >= 0.6 is 0 Å². The standard InChI is InChI=1S/C25H26N4O/c1-19-18-27-24(22-7-3-2-4-8-22)29(19)15-12-20-10-13-28(14-11-20)25(30)23-9-5-6-21(16-23)17-26/h2-9,16,18,20H,10-15H2,1H3. The van der Waals surface area contributed by atoms with Crippen molar-refractivity contribution in [1.29, 1.82) is 5.26 Å². The van der Waals surface area contributed by atoms with Gasteiger partial charge >= 0.3 is 0 Å². The number of piperidine rings is 1. The highest BCUT2D eigenvalue weighted by molar-refractivity contribution is 5.94. The Morgan fingerprint density at radius 3 is 2.63 bits per heavy atom. The molecule has 2 aromatic carbocycles. The Kier molecular flexibility index (Phi) is 5.94. The van der Waals surface area contributed by atoms with Gasteiger partial charge in [-0.15, -0.1) is 0 Å². The Morgan fingerprint density at radius 2 is 1.90 bits per heavy atom. The summed E-state index contributed by atoms with van der Waals surface area (Å²) >= 11 is 0. The molecule has 1 aliphatic heterocycles. The van der Waals surface area contributed by atoms with Crippen molar-refractivity contribution in [3.05, 3.63) is 77.6 Å². The van der Waals surface area contributed by atoms with Crippen LogP contribution in [0.1, 0.15) is 40.9 Å². The number of aromatic nitrogens is 2. The molecule has 5 heteroatoms. The lowest BCUT2D eigenvalue weighted by molar-refractivity contribution is 0.0685. The highest BCUT2D eigenvalue weighted by Gasteiger charge is 2.24. The van der Waals surface area contributed by atoms with Gasteiger partial charge in [-0.25, -0.2) is 4.98 Å². The first-order chi connectivity index (χ1) is 14.7. The third kappa shape index (κ3) is 4.28. The van der Waals surface area contributed by atoms with Gasteiger partial charge in [-0.05, 0) is 50.3 Å². The molecule has 1 aromatic heterocycles. The van der Waals surface area contributed by atoms with E-state index in [1.807, 2.05) is 29.3 Å².